The van der Waals surface area contributed by atoms with Crippen molar-refractivity contribution < 1.29 is 9.53 Å². The second-order valence-electron chi connectivity index (χ2n) is 3.43. The lowest BCUT2D eigenvalue weighted by Crippen LogP contribution is -2.04. The number of Topliss-reactive ketones (excluding diaryl/α,β-unsaturated/α-hetero) is 1. The maximum atomic E-state index is 11.9. The van der Waals surface area contributed by atoms with Gasteiger partial charge in [0.05, 0.1) is 12.6 Å². The van der Waals surface area contributed by atoms with Gasteiger partial charge in [0.15, 0.2) is 5.78 Å². The molecule has 1 aromatic heterocycles. The minimum atomic E-state index is 0.0141. The highest BCUT2D eigenvalue weighted by atomic mass is 79.9. The van der Waals surface area contributed by atoms with Crippen LogP contribution in [0.5, 0.6) is 5.75 Å². The zero-order valence-corrected chi connectivity index (χ0v) is 11.5. The molecule has 0 saturated heterocycles. The van der Waals surface area contributed by atoms with Crippen LogP contribution in [-0.2, 0) is 6.42 Å². The maximum Gasteiger partial charge on any atom is 0.186 e. The van der Waals surface area contributed by atoms with Gasteiger partial charge in [-0.2, -0.15) is 0 Å². The average molecular weight is 312 g/mol. The standard InChI is InChI=1S/C12H10BrNO2S/c1-16-9-2-3-10(13)8(4-9)5-12(15)11-6-17-7-14-11/h2-4,6-7H,5H2,1H3. The van der Waals surface area contributed by atoms with Gasteiger partial charge in [0, 0.05) is 16.3 Å². The fraction of sp³-hybridized carbons (Fsp3) is 0.167. The summed E-state index contributed by atoms with van der Waals surface area (Å²) in [5.74, 6) is 0.759. The van der Waals surface area contributed by atoms with Gasteiger partial charge in [-0.1, -0.05) is 15.9 Å². The largest absolute Gasteiger partial charge is 0.497 e. The number of thiazole rings is 1. The monoisotopic (exact) mass is 311 g/mol. The zero-order chi connectivity index (χ0) is 12.3. The summed E-state index contributed by atoms with van der Waals surface area (Å²) >= 11 is 4.85. The Kier molecular flexibility index (Phi) is 3.91. The fourth-order valence-corrected chi connectivity index (χ4v) is 2.37. The molecule has 0 radical (unpaired) electrons. The number of carbonyl (C=O) groups excluding carboxylic acids is 1. The van der Waals surface area contributed by atoms with E-state index in [9.17, 15) is 4.79 Å². The van der Waals surface area contributed by atoms with Crippen LogP contribution in [0.3, 0.4) is 0 Å². The molecule has 3 nitrogen and oxygen atoms in total. The minimum absolute atomic E-state index is 0.0141. The van der Waals surface area contributed by atoms with E-state index in [0.717, 1.165) is 15.8 Å². The summed E-state index contributed by atoms with van der Waals surface area (Å²) in [5, 5.41) is 1.76. The van der Waals surface area contributed by atoms with Gasteiger partial charge < -0.3 is 4.74 Å². The molecule has 0 N–H and O–H groups in total. The number of halogens is 1. The van der Waals surface area contributed by atoms with Crippen molar-refractivity contribution in [3.8, 4) is 5.75 Å². The Hall–Kier alpha value is -1.20. The maximum absolute atomic E-state index is 11.9. The molecule has 0 saturated carbocycles. The molecule has 0 unspecified atom stereocenters. The van der Waals surface area contributed by atoms with E-state index in [2.05, 4.69) is 20.9 Å². The quantitative estimate of drug-likeness (QED) is 0.813. The number of methoxy groups -OCH3 is 1. The topological polar surface area (TPSA) is 39.2 Å². The van der Waals surface area contributed by atoms with E-state index in [1.54, 1.807) is 18.0 Å². The molecular formula is C12H10BrNO2S. The highest BCUT2D eigenvalue weighted by Gasteiger charge is 2.11. The van der Waals surface area contributed by atoms with Crippen LogP contribution in [0.15, 0.2) is 33.6 Å². The summed E-state index contributed by atoms with van der Waals surface area (Å²) in [6, 6.07) is 5.58. The fourth-order valence-electron chi connectivity index (χ4n) is 1.43. The van der Waals surface area contributed by atoms with Crippen molar-refractivity contribution >= 4 is 33.0 Å². The van der Waals surface area contributed by atoms with E-state index in [4.69, 9.17) is 4.74 Å². The molecule has 0 aliphatic carbocycles. The smallest absolute Gasteiger partial charge is 0.186 e. The number of ether oxygens (including phenoxy) is 1. The number of aromatic nitrogens is 1. The Labute approximate surface area is 112 Å². The van der Waals surface area contributed by atoms with Crippen molar-refractivity contribution in [3.05, 3.63) is 44.8 Å². The zero-order valence-electron chi connectivity index (χ0n) is 9.14. The summed E-state index contributed by atoms with van der Waals surface area (Å²) in [4.78, 5) is 15.9. The van der Waals surface area contributed by atoms with E-state index in [1.165, 1.54) is 11.3 Å². The first-order valence-corrected chi connectivity index (χ1v) is 6.68. The summed E-state index contributed by atoms with van der Waals surface area (Å²) in [5.41, 5.74) is 3.08. The number of hydrogen-bond acceptors (Lipinski definition) is 4. The van der Waals surface area contributed by atoms with Crippen LogP contribution in [-0.4, -0.2) is 17.9 Å². The number of rotatable bonds is 4. The van der Waals surface area contributed by atoms with Crippen LogP contribution < -0.4 is 4.74 Å². The van der Waals surface area contributed by atoms with Crippen LogP contribution in [0.2, 0.25) is 0 Å². The predicted molar refractivity (Wildman–Crippen MR) is 70.8 cm³/mol. The molecule has 0 aliphatic rings. The molecule has 1 heterocycles. The lowest BCUT2D eigenvalue weighted by molar-refractivity contribution is 0.0988. The molecule has 0 fully saturated rings. The van der Waals surface area contributed by atoms with Gasteiger partial charge in [-0.25, -0.2) is 4.98 Å². The average Bonchev–Trinajstić information content (AvgIpc) is 2.85. The van der Waals surface area contributed by atoms with Crippen molar-refractivity contribution in [2.45, 2.75) is 6.42 Å². The molecule has 88 valence electrons. The summed E-state index contributed by atoms with van der Waals surface area (Å²) in [7, 11) is 1.61. The number of carbonyl (C=O) groups is 1. The van der Waals surface area contributed by atoms with Crippen LogP contribution >= 0.6 is 27.3 Å². The SMILES string of the molecule is COc1ccc(Br)c(CC(=O)c2cscn2)c1. The molecule has 0 spiro atoms. The van der Waals surface area contributed by atoms with Crippen molar-refractivity contribution in [2.24, 2.45) is 0 Å². The molecule has 5 heteroatoms. The first kappa shape index (κ1) is 12.3. The van der Waals surface area contributed by atoms with Gasteiger partial charge in [-0.3, -0.25) is 4.79 Å². The lowest BCUT2D eigenvalue weighted by Gasteiger charge is -2.05. The Morgan fingerprint density at radius 2 is 2.35 bits per heavy atom. The van der Waals surface area contributed by atoms with Crippen LogP contribution in [0.25, 0.3) is 0 Å². The lowest BCUT2D eigenvalue weighted by atomic mass is 10.1. The molecule has 0 atom stereocenters. The van der Waals surface area contributed by atoms with E-state index in [1.807, 2.05) is 18.2 Å². The summed E-state index contributed by atoms with van der Waals surface area (Å²) in [6.07, 6.45) is 0.321. The van der Waals surface area contributed by atoms with Crippen LogP contribution in [0.4, 0.5) is 0 Å². The highest BCUT2D eigenvalue weighted by molar-refractivity contribution is 9.10. The molecule has 0 bridgehead atoms. The van der Waals surface area contributed by atoms with Crippen molar-refractivity contribution in [3.63, 3.8) is 0 Å². The van der Waals surface area contributed by atoms with E-state index in [0.29, 0.717) is 12.1 Å². The third-order valence-corrected chi connectivity index (χ3v) is 3.68. The molecule has 17 heavy (non-hydrogen) atoms. The van der Waals surface area contributed by atoms with E-state index in [-0.39, 0.29) is 5.78 Å². The van der Waals surface area contributed by atoms with Crippen molar-refractivity contribution in [1.82, 2.24) is 4.98 Å². The van der Waals surface area contributed by atoms with Gasteiger partial charge in [-0.15, -0.1) is 11.3 Å². The molecule has 2 aromatic rings. The third kappa shape index (κ3) is 2.92. The summed E-state index contributed by atoms with van der Waals surface area (Å²) in [6.45, 7) is 0. The van der Waals surface area contributed by atoms with Gasteiger partial charge >= 0.3 is 0 Å². The van der Waals surface area contributed by atoms with Crippen molar-refractivity contribution in [1.29, 1.82) is 0 Å². The second-order valence-corrected chi connectivity index (χ2v) is 5.00. The van der Waals surface area contributed by atoms with Crippen LogP contribution in [0, 0.1) is 0 Å². The number of ketones is 1. The van der Waals surface area contributed by atoms with Gasteiger partial charge in [0.1, 0.15) is 11.4 Å². The summed E-state index contributed by atoms with van der Waals surface area (Å²) < 4.78 is 6.04. The van der Waals surface area contributed by atoms with Crippen molar-refractivity contribution in [2.75, 3.05) is 7.11 Å². The van der Waals surface area contributed by atoms with E-state index < -0.39 is 0 Å². The van der Waals surface area contributed by atoms with Crippen LogP contribution in [0.1, 0.15) is 16.1 Å². The van der Waals surface area contributed by atoms with E-state index >= 15 is 0 Å². The Morgan fingerprint density at radius 3 is 3.00 bits per heavy atom. The first-order valence-electron chi connectivity index (χ1n) is 4.94. The molecular weight excluding hydrogens is 302 g/mol. The second kappa shape index (κ2) is 5.42. The molecule has 0 amide bonds. The third-order valence-electron chi connectivity index (χ3n) is 2.32. The highest BCUT2D eigenvalue weighted by Crippen LogP contribution is 2.23. The number of hydrogen-bond donors (Lipinski definition) is 0. The normalized spacial score (nSPS) is 10.2. The molecule has 2 rings (SSSR count). The van der Waals surface area contributed by atoms with Gasteiger partial charge in [0.2, 0.25) is 0 Å². The van der Waals surface area contributed by atoms with Gasteiger partial charge in [-0.05, 0) is 23.8 Å². The molecule has 1 aromatic carbocycles. The minimum Gasteiger partial charge on any atom is -0.497 e. The Balaban J connectivity index is 2.21. The Bertz CT molecular complexity index is 525. The van der Waals surface area contributed by atoms with Gasteiger partial charge in [0.25, 0.3) is 0 Å². The number of benzene rings is 1. The first-order chi connectivity index (χ1) is 8.20. The number of nitrogens with zero attached hydrogens (tertiary/aromatic N) is 1. The molecule has 0 aliphatic heterocycles. The predicted octanol–water partition coefficient (Wildman–Crippen LogP) is 3.34. The Morgan fingerprint density at radius 1 is 1.53 bits per heavy atom.